The molecule has 8 heteroatoms. The Morgan fingerprint density at radius 2 is 1.75 bits per heavy atom. The van der Waals surface area contributed by atoms with Crippen molar-refractivity contribution in [3.05, 3.63) is 29.8 Å². The first-order valence-electron chi connectivity index (χ1n) is 10.2. The minimum absolute atomic E-state index is 0.264. The van der Waals surface area contributed by atoms with Gasteiger partial charge in [0.2, 0.25) is 5.91 Å². The number of likely N-dealkylation sites (N-methyl/N-ethyl adjacent to an activating group) is 1. The van der Waals surface area contributed by atoms with Gasteiger partial charge in [-0.1, -0.05) is 19.1 Å². The molecule has 3 aliphatic heterocycles. The van der Waals surface area contributed by atoms with Gasteiger partial charge in [0.25, 0.3) is 10.0 Å². The van der Waals surface area contributed by atoms with E-state index in [9.17, 15) is 13.2 Å². The highest BCUT2D eigenvalue weighted by atomic mass is 32.2. The minimum atomic E-state index is -3.58. The summed E-state index contributed by atoms with van der Waals surface area (Å²) in [4.78, 5) is 19.4. The molecular weight excluding hydrogens is 376 g/mol. The third kappa shape index (κ3) is 3.80. The van der Waals surface area contributed by atoms with Gasteiger partial charge in [-0.2, -0.15) is 8.42 Å². The number of benzene rings is 1. The molecule has 0 unspecified atom stereocenters. The molecule has 2 saturated heterocycles. The predicted molar refractivity (Wildman–Crippen MR) is 108 cm³/mol. The van der Waals surface area contributed by atoms with E-state index in [1.54, 1.807) is 12.1 Å². The molecule has 0 aromatic heterocycles. The van der Waals surface area contributed by atoms with Crippen molar-refractivity contribution in [3.63, 3.8) is 0 Å². The summed E-state index contributed by atoms with van der Waals surface area (Å²) < 4.78 is 28.6. The fourth-order valence-corrected chi connectivity index (χ4v) is 5.58. The van der Waals surface area contributed by atoms with Crippen molar-refractivity contribution in [2.75, 3.05) is 45.8 Å². The van der Waals surface area contributed by atoms with Gasteiger partial charge in [0.1, 0.15) is 4.90 Å². The van der Waals surface area contributed by atoms with Crippen LogP contribution in [0.25, 0.3) is 0 Å². The second-order valence-corrected chi connectivity index (χ2v) is 9.41. The molecule has 0 atom stereocenters. The second-order valence-electron chi connectivity index (χ2n) is 7.84. The van der Waals surface area contributed by atoms with Gasteiger partial charge in [-0.15, -0.1) is 4.40 Å². The molecule has 152 valence electrons. The monoisotopic (exact) mass is 404 g/mol. The highest BCUT2D eigenvalue weighted by molar-refractivity contribution is 7.90. The Balaban J connectivity index is 1.33. The third-order valence-corrected chi connectivity index (χ3v) is 7.49. The van der Waals surface area contributed by atoms with E-state index < -0.39 is 10.0 Å². The number of fused-ring (bicyclic) bond motifs is 1. The topological polar surface area (TPSA) is 73.3 Å². The molecule has 2 fully saturated rings. The van der Waals surface area contributed by atoms with Crippen molar-refractivity contribution in [2.24, 2.45) is 10.3 Å². The Hall–Kier alpha value is -1.93. The number of carbonyl (C=O) groups excluding carboxylic acids is 1. The average molecular weight is 405 g/mol. The number of amides is 1. The lowest BCUT2D eigenvalue weighted by molar-refractivity contribution is -0.134. The van der Waals surface area contributed by atoms with Gasteiger partial charge in [-0.25, -0.2) is 0 Å². The van der Waals surface area contributed by atoms with Crippen LogP contribution >= 0.6 is 0 Å². The van der Waals surface area contributed by atoms with Crippen LogP contribution in [0.1, 0.15) is 31.7 Å². The molecule has 4 rings (SSSR count). The zero-order valence-corrected chi connectivity index (χ0v) is 17.2. The molecule has 0 radical (unpaired) electrons. The van der Waals surface area contributed by atoms with E-state index in [0.29, 0.717) is 28.6 Å². The Morgan fingerprint density at radius 1 is 1.07 bits per heavy atom. The number of piperidine rings is 1. The predicted octanol–water partition coefficient (Wildman–Crippen LogP) is 1.40. The van der Waals surface area contributed by atoms with Crippen LogP contribution in [0.3, 0.4) is 0 Å². The van der Waals surface area contributed by atoms with Crippen LogP contribution in [-0.2, 0) is 14.8 Å². The van der Waals surface area contributed by atoms with Gasteiger partial charge in [0.15, 0.2) is 5.84 Å². The molecule has 1 aromatic carbocycles. The summed E-state index contributed by atoms with van der Waals surface area (Å²) in [6.45, 7) is 8.28. The van der Waals surface area contributed by atoms with Crippen molar-refractivity contribution in [1.82, 2.24) is 14.7 Å². The first kappa shape index (κ1) is 19.4. The maximum atomic E-state index is 12.6. The average Bonchev–Trinajstić information content (AvgIpc) is 3.00. The number of likely N-dealkylation sites (tertiary alicyclic amines) is 1. The summed E-state index contributed by atoms with van der Waals surface area (Å²) in [5, 5.41) is 0. The fraction of sp³-hybridized carbons (Fsp3) is 0.600. The zero-order valence-electron chi connectivity index (χ0n) is 16.4. The highest BCUT2D eigenvalue weighted by Crippen LogP contribution is 2.30. The van der Waals surface area contributed by atoms with E-state index in [-0.39, 0.29) is 5.91 Å². The van der Waals surface area contributed by atoms with Crippen molar-refractivity contribution in [1.29, 1.82) is 0 Å². The van der Waals surface area contributed by atoms with E-state index in [2.05, 4.69) is 21.1 Å². The van der Waals surface area contributed by atoms with Gasteiger partial charge in [0, 0.05) is 51.3 Å². The van der Waals surface area contributed by atoms with E-state index in [1.807, 2.05) is 17.0 Å². The molecule has 0 N–H and O–H groups in total. The molecule has 1 aromatic rings. The van der Waals surface area contributed by atoms with Gasteiger partial charge in [-0.3, -0.25) is 4.79 Å². The SMILES string of the molecule is CCN1CCN(C(=O)CC2CCN(C3=NS(=O)(=O)c4ccccc43)CC2)CC1. The van der Waals surface area contributed by atoms with Gasteiger partial charge < -0.3 is 14.7 Å². The molecule has 3 aliphatic rings. The fourth-order valence-electron chi connectivity index (χ4n) is 4.36. The number of piperazine rings is 1. The summed E-state index contributed by atoms with van der Waals surface area (Å²) >= 11 is 0. The normalized spacial score (nSPS) is 22.8. The number of nitrogens with zero attached hydrogens (tertiary/aromatic N) is 4. The molecule has 28 heavy (non-hydrogen) atoms. The Morgan fingerprint density at radius 3 is 2.43 bits per heavy atom. The van der Waals surface area contributed by atoms with E-state index in [0.717, 1.165) is 58.7 Å². The number of carbonyl (C=O) groups is 1. The highest BCUT2D eigenvalue weighted by Gasteiger charge is 2.34. The van der Waals surface area contributed by atoms with Crippen LogP contribution < -0.4 is 0 Å². The molecule has 1 amide bonds. The lowest BCUT2D eigenvalue weighted by atomic mass is 9.92. The molecule has 0 spiro atoms. The molecule has 0 bridgehead atoms. The van der Waals surface area contributed by atoms with Crippen LogP contribution in [0, 0.1) is 5.92 Å². The number of rotatable bonds is 3. The first-order chi connectivity index (χ1) is 13.5. The number of hydrogen-bond acceptors (Lipinski definition) is 5. The number of amidine groups is 1. The van der Waals surface area contributed by atoms with Gasteiger partial charge in [-0.05, 0) is 37.4 Å². The Bertz CT molecular complexity index is 867. The van der Waals surface area contributed by atoms with Crippen molar-refractivity contribution >= 4 is 21.8 Å². The smallest absolute Gasteiger partial charge is 0.285 e. The van der Waals surface area contributed by atoms with Crippen molar-refractivity contribution in [2.45, 2.75) is 31.1 Å². The van der Waals surface area contributed by atoms with Gasteiger partial charge >= 0.3 is 0 Å². The lowest BCUT2D eigenvalue weighted by Gasteiger charge is -2.36. The van der Waals surface area contributed by atoms with Crippen LogP contribution in [-0.4, -0.2) is 80.7 Å². The van der Waals surface area contributed by atoms with Crippen LogP contribution in [0.4, 0.5) is 0 Å². The molecule has 3 heterocycles. The molecule has 0 aliphatic carbocycles. The molecular formula is C20H28N4O3S. The van der Waals surface area contributed by atoms with E-state index >= 15 is 0 Å². The first-order valence-corrected chi connectivity index (χ1v) is 11.6. The van der Waals surface area contributed by atoms with Crippen LogP contribution in [0.2, 0.25) is 0 Å². The maximum absolute atomic E-state index is 12.6. The summed E-state index contributed by atoms with van der Waals surface area (Å²) in [5.74, 6) is 1.19. The van der Waals surface area contributed by atoms with Gasteiger partial charge in [0.05, 0.1) is 0 Å². The Kier molecular flexibility index (Phi) is 5.42. The molecule has 7 nitrogen and oxygen atoms in total. The number of hydrogen-bond donors (Lipinski definition) is 0. The summed E-state index contributed by atoms with van der Waals surface area (Å²) in [7, 11) is -3.58. The largest absolute Gasteiger partial charge is 0.355 e. The van der Waals surface area contributed by atoms with E-state index in [1.165, 1.54) is 0 Å². The summed E-state index contributed by atoms with van der Waals surface area (Å²) in [6, 6.07) is 7.01. The second kappa shape index (κ2) is 7.83. The number of sulfonamides is 1. The standard InChI is InChI=1S/C20H28N4O3S/c1-2-22-11-13-23(14-12-22)19(25)15-16-7-9-24(10-8-16)20-17-5-3-4-6-18(17)28(26,27)21-20/h3-6,16H,2,7-15H2,1H3. The summed E-state index contributed by atoms with van der Waals surface area (Å²) in [5.41, 5.74) is 0.700. The third-order valence-electron chi connectivity index (χ3n) is 6.16. The van der Waals surface area contributed by atoms with Crippen LogP contribution in [0.5, 0.6) is 0 Å². The van der Waals surface area contributed by atoms with Crippen molar-refractivity contribution < 1.29 is 13.2 Å². The van der Waals surface area contributed by atoms with E-state index in [4.69, 9.17) is 0 Å². The Labute approximate surface area is 167 Å². The zero-order chi connectivity index (χ0) is 19.7. The minimum Gasteiger partial charge on any atom is -0.355 e. The molecule has 0 saturated carbocycles. The van der Waals surface area contributed by atoms with Crippen LogP contribution in [0.15, 0.2) is 33.6 Å². The maximum Gasteiger partial charge on any atom is 0.285 e. The summed E-state index contributed by atoms with van der Waals surface area (Å²) in [6.07, 6.45) is 2.38. The van der Waals surface area contributed by atoms with Crippen molar-refractivity contribution in [3.8, 4) is 0 Å². The quantitative estimate of drug-likeness (QED) is 0.761. The lowest BCUT2D eigenvalue weighted by Crippen LogP contribution is -2.49.